The SMILES string of the molecule is Cc1cc(-c2ccc(C#Cc3ccc(OC(F)(F)F)cc3)cc2)cc(F)c1SC#N. The molecule has 30 heavy (non-hydrogen) atoms. The van der Waals surface area contributed by atoms with E-state index in [1.165, 1.54) is 30.3 Å². The minimum absolute atomic E-state index is 0.306. The highest BCUT2D eigenvalue weighted by atomic mass is 32.2. The fourth-order valence-electron chi connectivity index (χ4n) is 2.70. The number of ether oxygens (including phenoxy) is 1. The second-order valence-corrected chi connectivity index (χ2v) is 6.99. The number of aryl methyl sites for hydroxylation is 1. The molecule has 0 aromatic heterocycles. The maximum atomic E-state index is 14.2. The van der Waals surface area contributed by atoms with Crippen LogP contribution in [-0.2, 0) is 0 Å². The summed E-state index contributed by atoms with van der Waals surface area (Å²) in [5.74, 6) is 5.05. The maximum absolute atomic E-state index is 14.2. The standard InChI is InChI=1S/C23H13F4NOS/c1-15-12-19(13-21(24)22(15)30-14-28)18-8-4-16(5-9-18)2-3-17-6-10-20(11-7-17)29-23(25,26)27/h4-13H,1H3. The molecule has 0 aliphatic carbocycles. The van der Waals surface area contributed by atoms with Crippen molar-refractivity contribution >= 4 is 11.8 Å². The van der Waals surface area contributed by atoms with E-state index in [9.17, 15) is 17.6 Å². The van der Waals surface area contributed by atoms with Gasteiger partial charge in [-0.1, -0.05) is 30.0 Å². The maximum Gasteiger partial charge on any atom is 0.573 e. The summed E-state index contributed by atoms with van der Waals surface area (Å²) in [4.78, 5) is 0.315. The second-order valence-electron chi connectivity index (χ2n) is 6.20. The van der Waals surface area contributed by atoms with Gasteiger partial charge in [0.15, 0.2) is 0 Å². The van der Waals surface area contributed by atoms with Crippen molar-refractivity contribution in [2.24, 2.45) is 0 Å². The lowest BCUT2D eigenvalue weighted by molar-refractivity contribution is -0.274. The average molecular weight is 427 g/mol. The van der Waals surface area contributed by atoms with Crippen molar-refractivity contribution in [3.63, 3.8) is 0 Å². The molecule has 0 saturated carbocycles. The molecule has 0 amide bonds. The molecule has 3 aromatic carbocycles. The Kier molecular flexibility index (Phi) is 6.34. The van der Waals surface area contributed by atoms with Crippen molar-refractivity contribution in [3.8, 4) is 34.1 Å². The molecule has 0 aliphatic heterocycles. The molecule has 3 aromatic rings. The Balaban J connectivity index is 1.75. The molecule has 3 rings (SSSR count). The first kappa shape index (κ1) is 21.3. The minimum atomic E-state index is -4.73. The predicted molar refractivity (Wildman–Crippen MR) is 107 cm³/mol. The molecule has 2 nitrogen and oxygen atoms in total. The van der Waals surface area contributed by atoms with Crippen LogP contribution in [0.4, 0.5) is 17.6 Å². The number of thiocyanates is 1. The number of rotatable bonds is 3. The zero-order valence-corrected chi connectivity index (χ0v) is 16.4. The number of benzene rings is 3. The third kappa shape index (κ3) is 5.56. The van der Waals surface area contributed by atoms with Crippen molar-refractivity contribution < 1.29 is 22.3 Å². The zero-order valence-electron chi connectivity index (χ0n) is 15.5. The van der Waals surface area contributed by atoms with Gasteiger partial charge in [-0.05, 0) is 77.8 Å². The fourth-order valence-corrected chi connectivity index (χ4v) is 3.17. The highest BCUT2D eigenvalue weighted by Gasteiger charge is 2.30. The Morgan fingerprint density at radius 3 is 1.93 bits per heavy atom. The van der Waals surface area contributed by atoms with E-state index in [1.807, 2.05) is 11.5 Å². The van der Waals surface area contributed by atoms with Crippen LogP contribution in [0.25, 0.3) is 11.1 Å². The number of nitrogens with zero attached hydrogens (tertiary/aromatic N) is 1. The van der Waals surface area contributed by atoms with Gasteiger partial charge < -0.3 is 4.74 Å². The molecule has 0 N–H and O–H groups in total. The summed E-state index contributed by atoms with van der Waals surface area (Å²) in [6, 6.07) is 15.6. The van der Waals surface area contributed by atoms with Gasteiger partial charge in [0.05, 0.1) is 4.90 Å². The molecule has 7 heteroatoms. The van der Waals surface area contributed by atoms with Crippen LogP contribution in [0.1, 0.15) is 16.7 Å². The van der Waals surface area contributed by atoms with Gasteiger partial charge in [-0.3, -0.25) is 0 Å². The van der Waals surface area contributed by atoms with Gasteiger partial charge in [0, 0.05) is 11.1 Å². The van der Waals surface area contributed by atoms with Crippen LogP contribution in [-0.4, -0.2) is 6.36 Å². The van der Waals surface area contributed by atoms with Gasteiger partial charge >= 0.3 is 6.36 Å². The first-order valence-corrected chi connectivity index (χ1v) is 9.41. The summed E-state index contributed by atoms with van der Waals surface area (Å²) in [6.45, 7) is 1.75. The van der Waals surface area contributed by atoms with Crippen molar-refractivity contribution in [1.82, 2.24) is 0 Å². The van der Waals surface area contributed by atoms with Crippen LogP contribution in [0, 0.1) is 35.2 Å². The molecule has 0 aliphatic rings. The van der Waals surface area contributed by atoms with E-state index in [0.717, 1.165) is 17.3 Å². The Morgan fingerprint density at radius 2 is 1.43 bits per heavy atom. The van der Waals surface area contributed by atoms with Crippen molar-refractivity contribution in [3.05, 3.63) is 83.2 Å². The number of thioether (sulfide) groups is 1. The van der Waals surface area contributed by atoms with E-state index < -0.39 is 12.2 Å². The van der Waals surface area contributed by atoms with Crippen LogP contribution >= 0.6 is 11.8 Å². The summed E-state index contributed by atoms with van der Waals surface area (Å²) in [7, 11) is 0. The third-order valence-electron chi connectivity index (χ3n) is 4.03. The molecular formula is C23H13F4NOS. The van der Waals surface area contributed by atoms with Crippen LogP contribution in [0.2, 0.25) is 0 Å². The van der Waals surface area contributed by atoms with Crippen LogP contribution in [0.3, 0.4) is 0 Å². The molecule has 0 fully saturated rings. The Hall–Kier alpha value is -3.42. The van der Waals surface area contributed by atoms with Crippen molar-refractivity contribution in [1.29, 1.82) is 5.26 Å². The van der Waals surface area contributed by atoms with E-state index in [0.29, 0.717) is 27.1 Å². The molecule has 0 atom stereocenters. The monoisotopic (exact) mass is 427 g/mol. The first-order chi connectivity index (χ1) is 14.2. The third-order valence-corrected chi connectivity index (χ3v) is 4.85. The van der Waals surface area contributed by atoms with Crippen LogP contribution < -0.4 is 4.74 Å². The van der Waals surface area contributed by atoms with Crippen molar-refractivity contribution in [2.45, 2.75) is 18.2 Å². The molecule has 150 valence electrons. The largest absolute Gasteiger partial charge is 0.573 e. The second kappa shape index (κ2) is 8.94. The Bertz CT molecular complexity index is 1130. The quantitative estimate of drug-likeness (QED) is 0.202. The summed E-state index contributed by atoms with van der Waals surface area (Å²) in [6.07, 6.45) is -4.73. The van der Waals surface area contributed by atoms with E-state index in [2.05, 4.69) is 16.6 Å². The van der Waals surface area contributed by atoms with E-state index in [4.69, 9.17) is 5.26 Å². The molecule has 0 unspecified atom stereocenters. The normalized spacial score (nSPS) is 10.7. The van der Waals surface area contributed by atoms with Crippen LogP contribution in [0.5, 0.6) is 5.75 Å². The smallest absolute Gasteiger partial charge is 0.406 e. The highest BCUT2D eigenvalue weighted by Crippen LogP contribution is 2.30. The number of hydrogen-bond donors (Lipinski definition) is 0. The predicted octanol–water partition coefficient (Wildman–Crippen LogP) is 6.67. The lowest BCUT2D eigenvalue weighted by Gasteiger charge is -2.08. The lowest BCUT2D eigenvalue weighted by Crippen LogP contribution is -2.16. The zero-order chi connectivity index (χ0) is 21.7. The average Bonchev–Trinajstić information content (AvgIpc) is 2.69. The minimum Gasteiger partial charge on any atom is -0.406 e. The van der Waals surface area contributed by atoms with Gasteiger partial charge in [-0.15, -0.1) is 13.2 Å². The number of halogens is 4. The molecule has 0 radical (unpaired) electrons. The highest BCUT2D eigenvalue weighted by molar-refractivity contribution is 8.03. The van der Waals surface area contributed by atoms with Gasteiger partial charge in [0.25, 0.3) is 0 Å². The summed E-state index contributed by atoms with van der Waals surface area (Å²) >= 11 is 0.792. The lowest BCUT2D eigenvalue weighted by atomic mass is 10.0. The summed E-state index contributed by atoms with van der Waals surface area (Å²) in [5, 5.41) is 10.6. The van der Waals surface area contributed by atoms with Gasteiger partial charge in [-0.25, -0.2) is 4.39 Å². The van der Waals surface area contributed by atoms with Gasteiger partial charge in [0.1, 0.15) is 17.0 Å². The molecule has 0 spiro atoms. The molecule has 0 bridgehead atoms. The molecular weight excluding hydrogens is 414 g/mol. The number of nitriles is 1. The van der Waals surface area contributed by atoms with Crippen molar-refractivity contribution in [2.75, 3.05) is 0 Å². The van der Waals surface area contributed by atoms with E-state index in [-0.39, 0.29) is 5.75 Å². The Labute approximate surface area is 175 Å². The van der Waals surface area contributed by atoms with Gasteiger partial charge in [0.2, 0.25) is 0 Å². The van der Waals surface area contributed by atoms with E-state index in [1.54, 1.807) is 31.2 Å². The topological polar surface area (TPSA) is 33.0 Å². The summed E-state index contributed by atoms with van der Waals surface area (Å²) in [5.41, 5.74) is 3.40. The molecule has 0 heterocycles. The van der Waals surface area contributed by atoms with Crippen LogP contribution in [0.15, 0.2) is 65.6 Å². The van der Waals surface area contributed by atoms with Gasteiger partial charge in [-0.2, -0.15) is 5.26 Å². The van der Waals surface area contributed by atoms with E-state index >= 15 is 0 Å². The first-order valence-electron chi connectivity index (χ1n) is 8.59. The molecule has 0 saturated heterocycles. The summed E-state index contributed by atoms with van der Waals surface area (Å²) < 4.78 is 54.6. The number of hydrogen-bond acceptors (Lipinski definition) is 3. The Morgan fingerprint density at radius 1 is 0.867 bits per heavy atom. The fraction of sp³-hybridized carbons (Fsp3) is 0.0870. The number of alkyl halides is 3.